The fourth-order valence-electron chi connectivity index (χ4n) is 2.02. The van der Waals surface area contributed by atoms with Crippen LogP contribution in [-0.4, -0.2) is 38.7 Å². The Labute approximate surface area is 99.5 Å². The monoisotopic (exact) mass is 240 g/mol. The van der Waals surface area contributed by atoms with Gasteiger partial charge in [-0.3, -0.25) is 9.89 Å². The fourth-order valence-corrected chi connectivity index (χ4v) is 2.29. The van der Waals surface area contributed by atoms with E-state index >= 15 is 0 Å². The zero-order chi connectivity index (χ0) is 11.5. The van der Waals surface area contributed by atoms with Crippen molar-refractivity contribution in [1.29, 1.82) is 0 Å². The highest BCUT2D eigenvalue weighted by atomic mass is 32.1. The third-order valence-electron chi connectivity index (χ3n) is 2.93. The molecule has 0 saturated carbocycles. The number of aryl methyl sites for hydroxylation is 1. The molecule has 0 radical (unpaired) electrons. The molecule has 88 valence electrons. The second kappa shape index (κ2) is 4.78. The first kappa shape index (κ1) is 11.3. The molecule has 0 spiro atoms. The van der Waals surface area contributed by atoms with Gasteiger partial charge in [-0.05, 0) is 32.0 Å². The Morgan fingerprint density at radius 2 is 2.31 bits per heavy atom. The van der Waals surface area contributed by atoms with Crippen LogP contribution < -0.4 is 0 Å². The van der Waals surface area contributed by atoms with E-state index in [2.05, 4.69) is 10.2 Å². The molecule has 1 fully saturated rings. The smallest absolute Gasteiger partial charge is 0.222 e. The van der Waals surface area contributed by atoms with Crippen molar-refractivity contribution in [3.8, 4) is 0 Å². The van der Waals surface area contributed by atoms with E-state index < -0.39 is 0 Å². The summed E-state index contributed by atoms with van der Waals surface area (Å²) in [5, 5.41) is 6.81. The number of carbonyl (C=O) groups is 1. The van der Waals surface area contributed by atoms with Gasteiger partial charge in [0.1, 0.15) is 5.82 Å². The van der Waals surface area contributed by atoms with Crippen LogP contribution in [0.1, 0.15) is 25.1 Å². The Balaban J connectivity index is 1.84. The third kappa shape index (κ3) is 2.32. The SMILES string of the molecule is Cc1n[nH]c(=S)n1CCCN1CCCC1=O. The molecule has 16 heavy (non-hydrogen) atoms. The lowest BCUT2D eigenvalue weighted by Crippen LogP contribution is -2.26. The normalized spacial score (nSPS) is 16.1. The lowest BCUT2D eigenvalue weighted by atomic mass is 10.4. The molecule has 2 rings (SSSR count). The van der Waals surface area contributed by atoms with Gasteiger partial charge in [0.05, 0.1) is 0 Å². The summed E-state index contributed by atoms with van der Waals surface area (Å²) in [5.41, 5.74) is 0. The Hall–Kier alpha value is -1.17. The molecule has 1 aliphatic rings. The van der Waals surface area contributed by atoms with Gasteiger partial charge in [-0.2, -0.15) is 5.10 Å². The predicted octanol–water partition coefficient (Wildman–Crippen LogP) is 1.26. The third-order valence-corrected chi connectivity index (χ3v) is 3.24. The van der Waals surface area contributed by atoms with Gasteiger partial charge in [0.15, 0.2) is 4.77 Å². The van der Waals surface area contributed by atoms with Gasteiger partial charge >= 0.3 is 0 Å². The van der Waals surface area contributed by atoms with Crippen molar-refractivity contribution >= 4 is 18.1 Å². The average Bonchev–Trinajstić information content (AvgIpc) is 2.79. The minimum absolute atomic E-state index is 0.285. The first-order chi connectivity index (χ1) is 7.68. The van der Waals surface area contributed by atoms with Crippen molar-refractivity contribution in [2.24, 2.45) is 0 Å². The lowest BCUT2D eigenvalue weighted by Gasteiger charge is -2.15. The van der Waals surface area contributed by atoms with Crippen LogP contribution in [0, 0.1) is 11.7 Å². The number of rotatable bonds is 4. The summed E-state index contributed by atoms with van der Waals surface area (Å²) in [4.78, 5) is 13.3. The summed E-state index contributed by atoms with van der Waals surface area (Å²) >= 11 is 5.11. The minimum atomic E-state index is 0.285. The highest BCUT2D eigenvalue weighted by Gasteiger charge is 2.19. The largest absolute Gasteiger partial charge is 0.343 e. The van der Waals surface area contributed by atoms with Crippen molar-refractivity contribution in [3.05, 3.63) is 10.6 Å². The van der Waals surface area contributed by atoms with E-state index in [9.17, 15) is 4.79 Å². The Morgan fingerprint density at radius 3 is 2.88 bits per heavy atom. The summed E-state index contributed by atoms with van der Waals surface area (Å²) in [6.45, 7) is 4.48. The number of aromatic nitrogens is 3. The standard InChI is InChI=1S/C10H16N4OS/c1-8-11-12-10(16)14(8)7-3-6-13-5-2-4-9(13)15/h2-7H2,1H3,(H,12,16). The zero-order valence-electron chi connectivity index (χ0n) is 9.40. The van der Waals surface area contributed by atoms with Crippen LogP contribution in [0.5, 0.6) is 0 Å². The zero-order valence-corrected chi connectivity index (χ0v) is 10.2. The van der Waals surface area contributed by atoms with Crippen molar-refractivity contribution < 1.29 is 4.79 Å². The number of likely N-dealkylation sites (tertiary alicyclic amines) is 1. The van der Waals surface area contributed by atoms with Crippen LogP contribution in [0.3, 0.4) is 0 Å². The summed E-state index contributed by atoms with van der Waals surface area (Å²) in [6.07, 6.45) is 2.65. The average molecular weight is 240 g/mol. The summed E-state index contributed by atoms with van der Waals surface area (Å²) in [6, 6.07) is 0. The highest BCUT2D eigenvalue weighted by molar-refractivity contribution is 7.71. The molecule has 1 amide bonds. The maximum atomic E-state index is 11.4. The molecule has 0 unspecified atom stereocenters. The lowest BCUT2D eigenvalue weighted by molar-refractivity contribution is -0.127. The molecule has 1 aromatic heterocycles. The van der Waals surface area contributed by atoms with Crippen molar-refractivity contribution in [2.75, 3.05) is 13.1 Å². The summed E-state index contributed by atoms with van der Waals surface area (Å²) < 4.78 is 2.63. The van der Waals surface area contributed by atoms with E-state index in [4.69, 9.17) is 12.2 Å². The molecule has 0 aromatic carbocycles. The van der Waals surface area contributed by atoms with Crippen LogP contribution >= 0.6 is 12.2 Å². The van der Waals surface area contributed by atoms with Crippen molar-refractivity contribution in [2.45, 2.75) is 32.7 Å². The molecule has 1 N–H and O–H groups in total. The molecule has 2 heterocycles. The second-order valence-corrected chi connectivity index (χ2v) is 4.45. The molecular formula is C10H16N4OS. The van der Waals surface area contributed by atoms with Gasteiger partial charge in [-0.25, -0.2) is 0 Å². The molecule has 1 saturated heterocycles. The van der Waals surface area contributed by atoms with Crippen molar-refractivity contribution in [1.82, 2.24) is 19.7 Å². The Bertz CT molecular complexity index is 436. The number of nitrogens with one attached hydrogen (secondary N) is 1. The Kier molecular flexibility index (Phi) is 3.38. The number of amides is 1. The number of carbonyl (C=O) groups excluding carboxylic acids is 1. The molecule has 5 nitrogen and oxygen atoms in total. The molecule has 0 atom stereocenters. The van der Waals surface area contributed by atoms with Crippen LogP contribution in [0.2, 0.25) is 0 Å². The molecular weight excluding hydrogens is 224 g/mol. The van der Waals surface area contributed by atoms with E-state index in [1.165, 1.54) is 0 Å². The number of nitrogens with zero attached hydrogens (tertiary/aromatic N) is 3. The fraction of sp³-hybridized carbons (Fsp3) is 0.700. The van der Waals surface area contributed by atoms with Gasteiger partial charge in [0.25, 0.3) is 0 Å². The van der Waals surface area contributed by atoms with Gasteiger partial charge in [-0.15, -0.1) is 0 Å². The van der Waals surface area contributed by atoms with Gasteiger partial charge < -0.3 is 9.47 Å². The first-order valence-electron chi connectivity index (χ1n) is 5.58. The van der Waals surface area contributed by atoms with Gasteiger partial charge in [0.2, 0.25) is 5.91 Å². The number of aromatic amines is 1. The van der Waals surface area contributed by atoms with E-state index in [1.807, 2.05) is 16.4 Å². The minimum Gasteiger partial charge on any atom is -0.343 e. The molecule has 6 heteroatoms. The molecule has 0 aliphatic carbocycles. The van der Waals surface area contributed by atoms with E-state index in [1.54, 1.807) is 0 Å². The topological polar surface area (TPSA) is 53.9 Å². The quantitative estimate of drug-likeness (QED) is 0.806. The van der Waals surface area contributed by atoms with Gasteiger partial charge in [0, 0.05) is 26.1 Å². The maximum Gasteiger partial charge on any atom is 0.222 e. The number of H-pyrrole nitrogens is 1. The highest BCUT2D eigenvalue weighted by Crippen LogP contribution is 2.10. The number of hydrogen-bond acceptors (Lipinski definition) is 3. The Morgan fingerprint density at radius 1 is 1.50 bits per heavy atom. The van der Waals surface area contributed by atoms with E-state index in [0.29, 0.717) is 11.2 Å². The summed E-state index contributed by atoms with van der Waals surface area (Å²) in [5.74, 6) is 1.19. The second-order valence-electron chi connectivity index (χ2n) is 4.07. The van der Waals surface area contributed by atoms with Crippen LogP contribution in [0.4, 0.5) is 0 Å². The number of hydrogen-bond donors (Lipinski definition) is 1. The predicted molar refractivity (Wildman–Crippen MR) is 62.6 cm³/mol. The van der Waals surface area contributed by atoms with E-state index in [0.717, 1.165) is 38.3 Å². The van der Waals surface area contributed by atoms with Crippen LogP contribution in [0.15, 0.2) is 0 Å². The summed E-state index contributed by atoms with van der Waals surface area (Å²) in [7, 11) is 0. The van der Waals surface area contributed by atoms with Crippen LogP contribution in [-0.2, 0) is 11.3 Å². The first-order valence-corrected chi connectivity index (χ1v) is 5.99. The van der Waals surface area contributed by atoms with E-state index in [-0.39, 0.29) is 5.91 Å². The molecule has 1 aliphatic heterocycles. The molecule has 0 bridgehead atoms. The van der Waals surface area contributed by atoms with Crippen molar-refractivity contribution in [3.63, 3.8) is 0 Å². The molecule has 1 aromatic rings. The van der Waals surface area contributed by atoms with Gasteiger partial charge in [-0.1, -0.05) is 0 Å². The maximum absolute atomic E-state index is 11.4. The van der Waals surface area contributed by atoms with Crippen LogP contribution in [0.25, 0.3) is 0 Å².